The van der Waals surface area contributed by atoms with Gasteiger partial charge in [-0.3, -0.25) is 4.99 Å². The van der Waals surface area contributed by atoms with Crippen molar-refractivity contribution in [3.8, 4) is 17.4 Å². The standard InChI is InChI=1S/C20H28N4O2.HI/c1-4-6-13-22-20(21-3)24-15-16-11-12-19(23-14-16)26-18-10-8-7-9-17(18)25-5-2;/h7-12,14H,4-6,13,15H2,1-3H3,(H2,21,22,24);1H. The van der Waals surface area contributed by atoms with E-state index >= 15 is 0 Å². The van der Waals surface area contributed by atoms with Gasteiger partial charge in [0.1, 0.15) is 0 Å². The predicted molar refractivity (Wildman–Crippen MR) is 120 cm³/mol. The van der Waals surface area contributed by atoms with E-state index in [9.17, 15) is 0 Å². The maximum absolute atomic E-state index is 5.84. The number of halogens is 1. The van der Waals surface area contributed by atoms with E-state index in [1.165, 1.54) is 0 Å². The molecule has 7 heteroatoms. The molecule has 6 nitrogen and oxygen atoms in total. The molecule has 0 radical (unpaired) electrons. The van der Waals surface area contributed by atoms with Crippen LogP contribution in [0.4, 0.5) is 0 Å². The van der Waals surface area contributed by atoms with Gasteiger partial charge in [0.2, 0.25) is 5.88 Å². The average molecular weight is 484 g/mol. The number of hydrogen-bond acceptors (Lipinski definition) is 4. The Kier molecular flexibility index (Phi) is 11.2. The number of nitrogens with zero attached hydrogens (tertiary/aromatic N) is 2. The van der Waals surface area contributed by atoms with E-state index in [0.717, 1.165) is 30.9 Å². The van der Waals surface area contributed by atoms with Crippen LogP contribution in [0.2, 0.25) is 0 Å². The van der Waals surface area contributed by atoms with Gasteiger partial charge >= 0.3 is 0 Å². The molecule has 0 aliphatic heterocycles. The van der Waals surface area contributed by atoms with Gasteiger partial charge in [-0.05, 0) is 31.0 Å². The lowest BCUT2D eigenvalue weighted by molar-refractivity contribution is 0.319. The molecule has 148 valence electrons. The second-order valence-corrected chi connectivity index (χ2v) is 5.69. The first kappa shape index (κ1) is 23.0. The SMILES string of the molecule is CCCCNC(=NC)NCc1ccc(Oc2ccccc2OCC)nc1.I. The highest BCUT2D eigenvalue weighted by atomic mass is 127. The van der Waals surface area contributed by atoms with Gasteiger partial charge in [0.05, 0.1) is 6.61 Å². The molecule has 1 aromatic carbocycles. The Hall–Kier alpha value is -2.03. The molecular weight excluding hydrogens is 455 g/mol. The second kappa shape index (κ2) is 13.2. The third kappa shape index (κ3) is 8.03. The van der Waals surface area contributed by atoms with Crippen LogP contribution in [0.25, 0.3) is 0 Å². The monoisotopic (exact) mass is 484 g/mol. The summed E-state index contributed by atoms with van der Waals surface area (Å²) in [5.41, 5.74) is 1.05. The van der Waals surface area contributed by atoms with Crippen molar-refractivity contribution in [2.45, 2.75) is 33.2 Å². The molecule has 1 heterocycles. The van der Waals surface area contributed by atoms with Gasteiger partial charge in [0, 0.05) is 32.4 Å². The van der Waals surface area contributed by atoms with Gasteiger partial charge < -0.3 is 20.1 Å². The number of ether oxygens (including phenoxy) is 2. The maximum atomic E-state index is 5.84. The highest BCUT2D eigenvalue weighted by Crippen LogP contribution is 2.30. The molecule has 0 fully saturated rings. The van der Waals surface area contributed by atoms with Crippen molar-refractivity contribution in [1.82, 2.24) is 15.6 Å². The number of guanidine groups is 1. The highest BCUT2D eigenvalue weighted by molar-refractivity contribution is 14.0. The lowest BCUT2D eigenvalue weighted by Gasteiger charge is -2.12. The average Bonchev–Trinajstić information content (AvgIpc) is 2.67. The third-order valence-electron chi connectivity index (χ3n) is 3.67. The highest BCUT2D eigenvalue weighted by Gasteiger charge is 2.06. The van der Waals surface area contributed by atoms with Crippen LogP contribution in [-0.2, 0) is 6.54 Å². The summed E-state index contributed by atoms with van der Waals surface area (Å²) in [6.45, 7) is 6.27. The maximum Gasteiger partial charge on any atom is 0.219 e. The van der Waals surface area contributed by atoms with E-state index in [1.807, 2.05) is 43.3 Å². The zero-order valence-corrected chi connectivity index (χ0v) is 18.5. The summed E-state index contributed by atoms with van der Waals surface area (Å²) in [4.78, 5) is 8.59. The lowest BCUT2D eigenvalue weighted by atomic mass is 10.3. The van der Waals surface area contributed by atoms with E-state index in [1.54, 1.807) is 13.2 Å². The Bertz CT molecular complexity index is 693. The Morgan fingerprint density at radius 2 is 1.85 bits per heavy atom. The van der Waals surface area contributed by atoms with Crippen molar-refractivity contribution in [3.05, 3.63) is 48.2 Å². The molecular formula is C20H29IN4O2. The fourth-order valence-corrected chi connectivity index (χ4v) is 2.29. The number of pyridine rings is 1. The number of aliphatic imine (C=N–C) groups is 1. The zero-order valence-electron chi connectivity index (χ0n) is 16.2. The van der Waals surface area contributed by atoms with Crippen molar-refractivity contribution in [2.75, 3.05) is 20.2 Å². The van der Waals surface area contributed by atoms with Crippen LogP contribution in [-0.4, -0.2) is 31.1 Å². The Morgan fingerprint density at radius 1 is 1.07 bits per heavy atom. The summed E-state index contributed by atoms with van der Waals surface area (Å²) in [5, 5.41) is 6.56. The first-order chi connectivity index (χ1) is 12.8. The summed E-state index contributed by atoms with van der Waals surface area (Å²) in [6, 6.07) is 11.4. The normalized spacial score (nSPS) is 10.7. The Balaban J connectivity index is 0.00000364. The van der Waals surface area contributed by atoms with Crippen molar-refractivity contribution >= 4 is 29.9 Å². The number of benzene rings is 1. The van der Waals surface area contributed by atoms with E-state index in [4.69, 9.17) is 9.47 Å². The Labute approximate surface area is 178 Å². The van der Waals surface area contributed by atoms with Gasteiger partial charge in [-0.15, -0.1) is 24.0 Å². The largest absolute Gasteiger partial charge is 0.490 e. The zero-order chi connectivity index (χ0) is 18.6. The predicted octanol–water partition coefficient (Wildman–Crippen LogP) is 4.36. The van der Waals surface area contributed by atoms with Gasteiger partial charge in [-0.2, -0.15) is 0 Å². The molecule has 1 aromatic heterocycles. The topological polar surface area (TPSA) is 67.8 Å². The summed E-state index contributed by atoms with van der Waals surface area (Å²) in [6.07, 6.45) is 4.07. The van der Waals surface area contributed by atoms with Crippen LogP contribution in [0.5, 0.6) is 17.4 Å². The first-order valence-electron chi connectivity index (χ1n) is 9.06. The van der Waals surface area contributed by atoms with Gasteiger partial charge in [-0.25, -0.2) is 4.98 Å². The molecule has 0 amide bonds. The molecule has 27 heavy (non-hydrogen) atoms. The van der Waals surface area contributed by atoms with Crippen LogP contribution in [0.1, 0.15) is 32.3 Å². The van der Waals surface area contributed by atoms with E-state index in [-0.39, 0.29) is 24.0 Å². The molecule has 2 N–H and O–H groups in total. The van der Waals surface area contributed by atoms with Crippen molar-refractivity contribution in [2.24, 2.45) is 4.99 Å². The van der Waals surface area contributed by atoms with Crippen LogP contribution in [0.3, 0.4) is 0 Å². The van der Waals surface area contributed by atoms with E-state index in [2.05, 4.69) is 27.5 Å². The molecule has 0 saturated heterocycles. The van der Waals surface area contributed by atoms with Crippen molar-refractivity contribution in [1.29, 1.82) is 0 Å². The molecule has 0 unspecified atom stereocenters. The van der Waals surface area contributed by atoms with Gasteiger partial charge in [0.25, 0.3) is 0 Å². The molecule has 0 aliphatic rings. The number of unbranched alkanes of at least 4 members (excludes halogenated alkanes) is 1. The smallest absolute Gasteiger partial charge is 0.219 e. The summed E-state index contributed by atoms with van der Waals surface area (Å²) in [5.74, 6) is 2.70. The molecule has 0 atom stereocenters. The Morgan fingerprint density at radius 3 is 2.48 bits per heavy atom. The molecule has 2 aromatic rings. The molecule has 0 spiro atoms. The molecule has 0 saturated carbocycles. The molecule has 2 rings (SSSR count). The number of aromatic nitrogens is 1. The quantitative estimate of drug-likeness (QED) is 0.240. The minimum Gasteiger partial charge on any atom is -0.490 e. The number of nitrogens with one attached hydrogen (secondary N) is 2. The van der Waals surface area contributed by atoms with Crippen LogP contribution in [0.15, 0.2) is 47.6 Å². The van der Waals surface area contributed by atoms with Crippen LogP contribution in [0, 0.1) is 0 Å². The second-order valence-electron chi connectivity index (χ2n) is 5.69. The number of hydrogen-bond donors (Lipinski definition) is 2. The summed E-state index contributed by atoms with van der Waals surface area (Å²) >= 11 is 0. The van der Waals surface area contributed by atoms with E-state index in [0.29, 0.717) is 30.5 Å². The van der Waals surface area contributed by atoms with Gasteiger partial charge in [-0.1, -0.05) is 31.5 Å². The van der Waals surface area contributed by atoms with Crippen molar-refractivity contribution < 1.29 is 9.47 Å². The first-order valence-corrected chi connectivity index (χ1v) is 9.06. The van der Waals surface area contributed by atoms with Gasteiger partial charge in [0.15, 0.2) is 17.5 Å². The summed E-state index contributed by atoms with van der Waals surface area (Å²) in [7, 11) is 1.77. The van der Waals surface area contributed by atoms with E-state index < -0.39 is 0 Å². The number of para-hydroxylation sites is 2. The molecule has 0 aliphatic carbocycles. The summed E-state index contributed by atoms with van der Waals surface area (Å²) < 4.78 is 11.4. The molecule has 0 bridgehead atoms. The fraction of sp³-hybridized carbons (Fsp3) is 0.400. The minimum atomic E-state index is 0. The third-order valence-corrected chi connectivity index (χ3v) is 3.67. The number of rotatable bonds is 9. The lowest BCUT2D eigenvalue weighted by Crippen LogP contribution is -2.37. The fourth-order valence-electron chi connectivity index (χ4n) is 2.29. The van der Waals surface area contributed by atoms with Crippen LogP contribution >= 0.6 is 24.0 Å². The minimum absolute atomic E-state index is 0. The van der Waals surface area contributed by atoms with Crippen molar-refractivity contribution in [3.63, 3.8) is 0 Å². The van der Waals surface area contributed by atoms with Crippen LogP contribution < -0.4 is 20.1 Å².